The van der Waals surface area contributed by atoms with Gasteiger partial charge in [0.15, 0.2) is 0 Å². The average Bonchev–Trinajstić information content (AvgIpc) is 2.90. The molecule has 0 saturated heterocycles. The molecule has 0 N–H and O–H groups in total. The molecular weight excluding hydrogens is 228 g/mol. The Bertz CT molecular complexity index is 329. The smallest absolute Gasteiger partial charge is 0.0930 e. The maximum Gasteiger partial charge on any atom is 0.0930 e. The predicted molar refractivity (Wildman–Crippen MR) is 56.8 cm³/mol. The van der Waals surface area contributed by atoms with E-state index < -0.39 is 0 Å². The van der Waals surface area contributed by atoms with Gasteiger partial charge in [0, 0.05) is 11.6 Å². The first-order valence-corrected chi connectivity index (χ1v) is 5.29. The largest absolute Gasteiger partial charge is 0.374 e. The molecule has 2 rings (SSSR count). The fraction of sp³-hybridized carbons (Fsp3) is 0.455. The molecule has 0 bridgehead atoms. The molecule has 1 fully saturated rings. The van der Waals surface area contributed by atoms with Crippen LogP contribution < -0.4 is 0 Å². The second kappa shape index (κ2) is 3.10. The van der Waals surface area contributed by atoms with Crippen molar-refractivity contribution in [3.05, 3.63) is 33.8 Å². The number of hydrogen-bond acceptors (Lipinski definition) is 1. The van der Waals surface area contributed by atoms with Gasteiger partial charge in [-0.25, -0.2) is 0 Å². The van der Waals surface area contributed by atoms with Gasteiger partial charge in [0.1, 0.15) is 0 Å². The van der Waals surface area contributed by atoms with Crippen LogP contribution in [0.1, 0.15) is 24.0 Å². The lowest BCUT2D eigenvalue weighted by Gasteiger charge is -2.14. The first kappa shape index (κ1) is 9.22. The van der Waals surface area contributed by atoms with Crippen LogP contribution in [-0.4, -0.2) is 7.11 Å². The summed E-state index contributed by atoms with van der Waals surface area (Å²) < 4.78 is 6.68. The maximum absolute atomic E-state index is 5.51. The third-order valence-electron chi connectivity index (χ3n) is 2.78. The molecule has 0 spiro atoms. The van der Waals surface area contributed by atoms with Gasteiger partial charge in [-0.3, -0.25) is 0 Å². The maximum atomic E-state index is 5.51. The Balaban J connectivity index is 2.37. The summed E-state index contributed by atoms with van der Waals surface area (Å²) in [6, 6.07) is 6.46. The molecule has 0 heterocycles. The van der Waals surface area contributed by atoms with Crippen molar-refractivity contribution in [2.45, 2.75) is 25.4 Å². The summed E-state index contributed by atoms with van der Waals surface area (Å²) in [5.74, 6) is 0. The molecular formula is C11H13BrO. The van der Waals surface area contributed by atoms with E-state index in [1.807, 2.05) is 0 Å². The van der Waals surface area contributed by atoms with Crippen molar-refractivity contribution in [3.8, 4) is 0 Å². The van der Waals surface area contributed by atoms with Crippen LogP contribution in [0, 0.1) is 6.92 Å². The van der Waals surface area contributed by atoms with E-state index in [1.165, 1.54) is 15.6 Å². The molecule has 0 aromatic heterocycles. The molecule has 1 aliphatic carbocycles. The number of rotatable bonds is 2. The fourth-order valence-electron chi connectivity index (χ4n) is 1.65. The molecule has 13 heavy (non-hydrogen) atoms. The van der Waals surface area contributed by atoms with E-state index in [9.17, 15) is 0 Å². The molecule has 0 aliphatic heterocycles. The van der Waals surface area contributed by atoms with Gasteiger partial charge in [-0.05, 0) is 37.0 Å². The van der Waals surface area contributed by atoms with Crippen LogP contribution in [-0.2, 0) is 10.3 Å². The summed E-state index contributed by atoms with van der Waals surface area (Å²) in [5, 5.41) is 0. The summed E-state index contributed by atoms with van der Waals surface area (Å²) in [7, 11) is 1.80. The van der Waals surface area contributed by atoms with Gasteiger partial charge in [0.05, 0.1) is 5.60 Å². The van der Waals surface area contributed by atoms with Crippen LogP contribution in [0.5, 0.6) is 0 Å². The van der Waals surface area contributed by atoms with Crippen LogP contribution in [0.15, 0.2) is 22.7 Å². The fourth-order valence-corrected chi connectivity index (χ4v) is 1.90. The monoisotopic (exact) mass is 240 g/mol. The molecule has 0 unspecified atom stereocenters. The van der Waals surface area contributed by atoms with Crippen molar-refractivity contribution in [2.75, 3.05) is 7.11 Å². The van der Waals surface area contributed by atoms with Crippen molar-refractivity contribution in [3.63, 3.8) is 0 Å². The van der Waals surface area contributed by atoms with Crippen LogP contribution in [0.25, 0.3) is 0 Å². The Kier molecular flexibility index (Phi) is 2.20. The molecule has 2 heteroatoms. The zero-order chi connectivity index (χ0) is 9.47. The number of aryl methyl sites for hydroxylation is 1. The van der Waals surface area contributed by atoms with Crippen molar-refractivity contribution < 1.29 is 4.74 Å². The molecule has 1 aromatic rings. The van der Waals surface area contributed by atoms with Gasteiger partial charge in [-0.15, -0.1) is 0 Å². The Morgan fingerprint density at radius 1 is 1.38 bits per heavy atom. The summed E-state index contributed by atoms with van der Waals surface area (Å²) in [6.07, 6.45) is 2.31. The van der Waals surface area contributed by atoms with E-state index in [0.717, 1.165) is 12.8 Å². The van der Waals surface area contributed by atoms with E-state index in [-0.39, 0.29) is 5.60 Å². The van der Waals surface area contributed by atoms with Crippen molar-refractivity contribution in [1.82, 2.24) is 0 Å². The number of halogens is 1. The average molecular weight is 241 g/mol. The van der Waals surface area contributed by atoms with Crippen molar-refractivity contribution >= 4 is 15.9 Å². The summed E-state index contributed by atoms with van der Waals surface area (Å²) in [5.41, 5.74) is 2.64. The van der Waals surface area contributed by atoms with Crippen molar-refractivity contribution in [2.24, 2.45) is 0 Å². The molecule has 1 aliphatic rings. The van der Waals surface area contributed by atoms with Gasteiger partial charge in [-0.1, -0.05) is 28.1 Å². The van der Waals surface area contributed by atoms with Crippen LogP contribution in [0.4, 0.5) is 0 Å². The first-order chi connectivity index (χ1) is 6.18. The van der Waals surface area contributed by atoms with Crippen LogP contribution in [0.3, 0.4) is 0 Å². The highest BCUT2D eigenvalue weighted by molar-refractivity contribution is 9.10. The Labute approximate surface area is 87.2 Å². The number of hydrogen-bond donors (Lipinski definition) is 0. The normalized spacial score (nSPS) is 18.7. The molecule has 1 aromatic carbocycles. The van der Waals surface area contributed by atoms with E-state index in [4.69, 9.17) is 4.74 Å². The third kappa shape index (κ3) is 1.53. The van der Waals surface area contributed by atoms with E-state index in [2.05, 4.69) is 41.1 Å². The SMILES string of the molecule is COC1(c2ccc(Br)c(C)c2)CC1. The highest BCUT2D eigenvalue weighted by atomic mass is 79.9. The van der Waals surface area contributed by atoms with Gasteiger partial charge < -0.3 is 4.74 Å². The highest BCUT2D eigenvalue weighted by Crippen LogP contribution is 2.49. The Hall–Kier alpha value is -0.340. The van der Waals surface area contributed by atoms with Crippen LogP contribution in [0.2, 0.25) is 0 Å². The number of benzene rings is 1. The molecule has 70 valence electrons. The number of methoxy groups -OCH3 is 1. The predicted octanol–water partition coefficient (Wildman–Crippen LogP) is 3.39. The van der Waals surface area contributed by atoms with E-state index in [0.29, 0.717) is 0 Å². The quantitative estimate of drug-likeness (QED) is 0.771. The Morgan fingerprint density at radius 2 is 2.08 bits per heavy atom. The van der Waals surface area contributed by atoms with E-state index >= 15 is 0 Å². The molecule has 0 atom stereocenters. The summed E-state index contributed by atoms with van der Waals surface area (Å²) in [6.45, 7) is 2.11. The standard InChI is InChI=1S/C11H13BrO/c1-8-7-9(3-4-10(8)12)11(13-2)5-6-11/h3-4,7H,5-6H2,1-2H3. The van der Waals surface area contributed by atoms with Crippen LogP contribution >= 0.6 is 15.9 Å². The summed E-state index contributed by atoms with van der Waals surface area (Å²) >= 11 is 3.50. The third-order valence-corrected chi connectivity index (χ3v) is 3.67. The topological polar surface area (TPSA) is 9.23 Å². The van der Waals surface area contributed by atoms with Gasteiger partial charge in [0.2, 0.25) is 0 Å². The molecule has 1 nitrogen and oxygen atoms in total. The zero-order valence-corrected chi connectivity index (χ0v) is 9.52. The second-order valence-corrected chi connectivity index (χ2v) is 4.52. The molecule has 0 amide bonds. The minimum absolute atomic E-state index is 0.0471. The first-order valence-electron chi connectivity index (χ1n) is 4.50. The Morgan fingerprint density at radius 3 is 2.54 bits per heavy atom. The van der Waals surface area contributed by atoms with Gasteiger partial charge in [-0.2, -0.15) is 0 Å². The number of ether oxygens (including phenoxy) is 1. The molecule has 0 radical (unpaired) electrons. The van der Waals surface area contributed by atoms with Gasteiger partial charge >= 0.3 is 0 Å². The minimum Gasteiger partial charge on any atom is -0.374 e. The van der Waals surface area contributed by atoms with Crippen molar-refractivity contribution in [1.29, 1.82) is 0 Å². The zero-order valence-electron chi connectivity index (χ0n) is 7.93. The summed E-state index contributed by atoms with van der Waals surface area (Å²) in [4.78, 5) is 0. The second-order valence-electron chi connectivity index (χ2n) is 3.66. The molecule has 1 saturated carbocycles. The van der Waals surface area contributed by atoms with Gasteiger partial charge in [0.25, 0.3) is 0 Å². The highest BCUT2D eigenvalue weighted by Gasteiger charge is 2.44. The lowest BCUT2D eigenvalue weighted by Crippen LogP contribution is -2.08. The lowest BCUT2D eigenvalue weighted by atomic mass is 10.1. The van der Waals surface area contributed by atoms with E-state index in [1.54, 1.807) is 7.11 Å². The lowest BCUT2D eigenvalue weighted by molar-refractivity contribution is 0.0788. The minimum atomic E-state index is 0.0471.